The molecule has 0 aliphatic rings. The van der Waals surface area contributed by atoms with Gasteiger partial charge in [0.25, 0.3) is 0 Å². The number of nitrogens with zero attached hydrogens (tertiary/aromatic N) is 1. The number of aromatic nitrogens is 1. The van der Waals surface area contributed by atoms with Crippen molar-refractivity contribution in [2.45, 2.75) is 27.2 Å². The monoisotopic (exact) mass is 258 g/mol. The van der Waals surface area contributed by atoms with Gasteiger partial charge in [0.05, 0.1) is 5.69 Å². The fourth-order valence-corrected chi connectivity index (χ4v) is 1.81. The predicted octanol–water partition coefficient (Wildman–Crippen LogP) is 3.11. The summed E-state index contributed by atoms with van der Waals surface area (Å²) in [6, 6.07) is 9.44. The molecule has 0 aliphatic carbocycles. The molecule has 1 amide bonds. The van der Waals surface area contributed by atoms with Crippen LogP contribution in [0.5, 0.6) is 0 Å². The fraction of sp³-hybridized carbons (Fsp3) is 0.333. The molecule has 2 aromatic rings. The van der Waals surface area contributed by atoms with E-state index in [-0.39, 0.29) is 11.8 Å². The molecule has 0 radical (unpaired) electrons. The second-order valence-electron chi connectivity index (χ2n) is 4.78. The minimum atomic E-state index is -0.161. The lowest BCUT2D eigenvalue weighted by atomic mass is 10.0. The minimum absolute atomic E-state index is 0.0142. The summed E-state index contributed by atoms with van der Waals surface area (Å²) in [5.41, 5.74) is 2.72. The first-order valence-corrected chi connectivity index (χ1v) is 6.35. The second-order valence-corrected chi connectivity index (χ2v) is 4.78. The van der Waals surface area contributed by atoms with E-state index >= 15 is 0 Å². The number of aryl methyl sites for hydroxylation is 1. The Balaban J connectivity index is 1.98. The number of nitrogens with one attached hydrogen (secondary N) is 1. The number of hydrogen-bond acceptors (Lipinski definition) is 3. The summed E-state index contributed by atoms with van der Waals surface area (Å²) in [5.74, 6) is 0.610. The van der Waals surface area contributed by atoms with Crippen LogP contribution >= 0.6 is 0 Å². The second kappa shape index (κ2) is 5.69. The van der Waals surface area contributed by atoms with E-state index in [2.05, 4.69) is 10.5 Å². The number of amides is 1. The maximum absolute atomic E-state index is 12.1. The van der Waals surface area contributed by atoms with Gasteiger partial charge in [-0.3, -0.25) is 4.79 Å². The van der Waals surface area contributed by atoms with E-state index in [0.717, 1.165) is 22.7 Å². The van der Waals surface area contributed by atoms with Crippen LogP contribution in [0.2, 0.25) is 0 Å². The van der Waals surface area contributed by atoms with Crippen molar-refractivity contribution in [3.8, 4) is 0 Å². The van der Waals surface area contributed by atoms with E-state index < -0.39 is 0 Å². The quantitative estimate of drug-likeness (QED) is 0.916. The Morgan fingerprint density at radius 1 is 1.32 bits per heavy atom. The van der Waals surface area contributed by atoms with Crippen molar-refractivity contribution < 1.29 is 9.32 Å². The molecule has 0 unspecified atom stereocenters. The SMILES string of the molecule is Cc1noc(C[C@H](C)C(=O)Nc2ccccc2)c1C. The lowest BCUT2D eigenvalue weighted by Gasteiger charge is -2.10. The molecule has 4 nitrogen and oxygen atoms in total. The van der Waals surface area contributed by atoms with Gasteiger partial charge in [-0.2, -0.15) is 0 Å². The van der Waals surface area contributed by atoms with Gasteiger partial charge in [-0.05, 0) is 26.0 Å². The molecule has 1 heterocycles. The minimum Gasteiger partial charge on any atom is -0.361 e. The lowest BCUT2D eigenvalue weighted by molar-refractivity contribution is -0.119. The first kappa shape index (κ1) is 13.3. The summed E-state index contributed by atoms with van der Waals surface area (Å²) in [5, 5.41) is 6.79. The van der Waals surface area contributed by atoms with E-state index in [1.807, 2.05) is 51.1 Å². The summed E-state index contributed by atoms with van der Waals surface area (Å²) in [7, 11) is 0. The zero-order valence-electron chi connectivity index (χ0n) is 11.4. The Morgan fingerprint density at radius 3 is 2.58 bits per heavy atom. The molecule has 0 saturated heterocycles. The highest BCUT2D eigenvalue weighted by atomic mass is 16.5. The van der Waals surface area contributed by atoms with Gasteiger partial charge in [0, 0.05) is 23.6 Å². The zero-order chi connectivity index (χ0) is 13.8. The number of carbonyl (C=O) groups is 1. The molecule has 0 bridgehead atoms. The first-order chi connectivity index (χ1) is 9.08. The van der Waals surface area contributed by atoms with Crippen LogP contribution in [-0.2, 0) is 11.2 Å². The van der Waals surface area contributed by atoms with Crippen molar-refractivity contribution in [1.29, 1.82) is 0 Å². The highest BCUT2D eigenvalue weighted by Gasteiger charge is 2.18. The molecular weight excluding hydrogens is 240 g/mol. The van der Waals surface area contributed by atoms with Gasteiger partial charge in [-0.15, -0.1) is 0 Å². The lowest BCUT2D eigenvalue weighted by Crippen LogP contribution is -2.22. The third kappa shape index (κ3) is 3.22. The van der Waals surface area contributed by atoms with Gasteiger partial charge >= 0.3 is 0 Å². The predicted molar refractivity (Wildman–Crippen MR) is 73.9 cm³/mol. The molecule has 0 saturated carbocycles. The third-order valence-corrected chi connectivity index (χ3v) is 3.23. The van der Waals surface area contributed by atoms with Crippen LogP contribution in [0.3, 0.4) is 0 Å². The van der Waals surface area contributed by atoms with Gasteiger partial charge in [0.2, 0.25) is 5.91 Å². The summed E-state index contributed by atoms with van der Waals surface area (Å²) in [6.07, 6.45) is 0.561. The standard InChI is InChI=1S/C15H18N2O2/c1-10(9-14-11(2)12(3)17-19-14)15(18)16-13-7-5-4-6-8-13/h4-8,10H,9H2,1-3H3,(H,16,18)/t10-/m0/s1. The zero-order valence-corrected chi connectivity index (χ0v) is 11.4. The van der Waals surface area contributed by atoms with Gasteiger partial charge in [-0.25, -0.2) is 0 Å². The maximum atomic E-state index is 12.1. The summed E-state index contributed by atoms with van der Waals surface area (Å²) < 4.78 is 5.24. The molecule has 2 rings (SSSR count). The van der Waals surface area contributed by atoms with Crippen LogP contribution < -0.4 is 5.32 Å². The largest absolute Gasteiger partial charge is 0.361 e. The molecule has 1 atom stereocenters. The van der Waals surface area contributed by atoms with Gasteiger partial charge in [0.15, 0.2) is 0 Å². The van der Waals surface area contributed by atoms with Crippen LogP contribution in [-0.4, -0.2) is 11.1 Å². The Morgan fingerprint density at radius 2 is 2.00 bits per heavy atom. The molecule has 100 valence electrons. The Labute approximate surface area is 112 Å². The molecule has 0 aliphatic heterocycles. The van der Waals surface area contributed by atoms with Crippen molar-refractivity contribution in [1.82, 2.24) is 5.16 Å². The molecule has 0 fully saturated rings. The highest BCUT2D eigenvalue weighted by Crippen LogP contribution is 2.17. The number of carbonyl (C=O) groups excluding carboxylic acids is 1. The van der Waals surface area contributed by atoms with Crippen molar-refractivity contribution in [3.63, 3.8) is 0 Å². The van der Waals surface area contributed by atoms with Crippen molar-refractivity contribution in [2.24, 2.45) is 5.92 Å². The average molecular weight is 258 g/mol. The van der Waals surface area contributed by atoms with Crippen LogP contribution in [0.25, 0.3) is 0 Å². The fourth-order valence-electron chi connectivity index (χ4n) is 1.81. The summed E-state index contributed by atoms with van der Waals surface area (Å²) >= 11 is 0. The topological polar surface area (TPSA) is 55.1 Å². The van der Waals surface area contributed by atoms with Gasteiger partial charge in [-0.1, -0.05) is 30.3 Å². The molecule has 1 N–H and O–H groups in total. The van der Waals surface area contributed by atoms with Gasteiger partial charge < -0.3 is 9.84 Å². The molecular formula is C15H18N2O2. The molecule has 19 heavy (non-hydrogen) atoms. The van der Waals surface area contributed by atoms with Gasteiger partial charge in [0.1, 0.15) is 5.76 Å². The average Bonchev–Trinajstić information content (AvgIpc) is 2.72. The third-order valence-electron chi connectivity index (χ3n) is 3.23. The van der Waals surface area contributed by atoms with Crippen molar-refractivity contribution >= 4 is 11.6 Å². The van der Waals surface area contributed by atoms with E-state index in [1.165, 1.54) is 0 Å². The Hall–Kier alpha value is -2.10. The number of hydrogen-bond donors (Lipinski definition) is 1. The maximum Gasteiger partial charge on any atom is 0.227 e. The van der Waals surface area contributed by atoms with Crippen molar-refractivity contribution in [2.75, 3.05) is 5.32 Å². The van der Waals surface area contributed by atoms with Crippen LogP contribution in [0, 0.1) is 19.8 Å². The summed E-state index contributed by atoms with van der Waals surface area (Å²) in [6.45, 7) is 5.75. The Kier molecular flexibility index (Phi) is 4.00. The van der Waals surface area contributed by atoms with E-state index in [0.29, 0.717) is 6.42 Å². The van der Waals surface area contributed by atoms with Crippen molar-refractivity contribution in [3.05, 3.63) is 47.3 Å². The van der Waals surface area contributed by atoms with E-state index in [1.54, 1.807) is 0 Å². The van der Waals surface area contributed by atoms with E-state index in [9.17, 15) is 4.79 Å². The van der Waals surface area contributed by atoms with Crippen LogP contribution in [0.1, 0.15) is 23.9 Å². The smallest absolute Gasteiger partial charge is 0.227 e. The first-order valence-electron chi connectivity index (χ1n) is 6.35. The molecule has 1 aromatic heterocycles. The van der Waals surface area contributed by atoms with E-state index in [4.69, 9.17) is 4.52 Å². The number of rotatable bonds is 4. The number of para-hydroxylation sites is 1. The normalized spacial score (nSPS) is 12.2. The number of benzene rings is 1. The van der Waals surface area contributed by atoms with Crippen LogP contribution in [0.15, 0.2) is 34.9 Å². The Bertz CT molecular complexity index is 561. The molecule has 0 spiro atoms. The molecule has 1 aromatic carbocycles. The highest BCUT2D eigenvalue weighted by molar-refractivity contribution is 5.92. The molecule has 4 heteroatoms. The summed E-state index contributed by atoms with van der Waals surface area (Å²) in [4.78, 5) is 12.1. The number of anilines is 1. The van der Waals surface area contributed by atoms with Crippen LogP contribution in [0.4, 0.5) is 5.69 Å².